The van der Waals surface area contributed by atoms with Crippen molar-refractivity contribution in [1.82, 2.24) is 4.98 Å². The number of halogens is 1. The lowest BCUT2D eigenvalue weighted by atomic mass is 10.3. The zero-order chi connectivity index (χ0) is 12.2. The lowest BCUT2D eigenvalue weighted by Gasteiger charge is -2.24. The van der Waals surface area contributed by atoms with Gasteiger partial charge in [0.1, 0.15) is 6.26 Å². The number of oxazole rings is 1. The number of methoxy groups -OCH3 is 3. The summed E-state index contributed by atoms with van der Waals surface area (Å²) >= 11 is 3.23. The van der Waals surface area contributed by atoms with Crippen LogP contribution in [0.2, 0.25) is 0 Å². The molecule has 7 heteroatoms. The van der Waals surface area contributed by atoms with Crippen molar-refractivity contribution in [2.24, 2.45) is 0 Å². The first-order chi connectivity index (χ1) is 7.63. The topological polar surface area (TPSA) is 70.8 Å². The third-order valence-corrected chi connectivity index (χ3v) is 2.80. The molecule has 0 aliphatic heterocycles. The SMILES string of the molecule is COC(=O)c1coc(C(CBr)(OC)OC)n1. The van der Waals surface area contributed by atoms with Crippen LogP contribution in [0.25, 0.3) is 0 Å². The van der Waals surface area contributed by atoms with Gasteiger partial charge in [0.05, 0.1) is 12.4 Å². The first-order valence-electron chi connectivity index (χ1n) is 4.34. The number of hydrogen-bond acceptors (Lipinski definition) is 6. The van der Waals surface area contributed by atoms with Crippen LogP contribution in [0.3, 0.4) is 0 Å². The van der Waals surface area contributed by atoms with E-state index >= 15 is 0 Å². The number of alkyl halides is 1. The lowest BCUT2D eigenvalue weighted by molar-refractivity contribution is -0.211. The molecule has 0 radical (unpaired) electrons. The minimum atomic E-state index is -1.15. The van der Waals surface area contributed by atoms with E-state index in [1.165, 1.54) is 27.6 Å². The molecule has 0 amide bonds. The molecule has 0 N–H and O–H groups in total. The van der Waals surface area contributed by atoms with E-state index in [-0.39, 0.29) is 11.6 Å². The molecule has 0 fully saturated rings. The Morgan fingerprint density at radius 1 is 1.50 bits per heavy atom. The smallest absolute Gasteiger partial charge is 0.360 e. The fraction of sp³-hybridized carbons (Fsp3) is 0.556. The predicted molar refractivity (Wildman–Crippen MR) is 57.3 cm³/mol. The van der Waals surface area contributed by atoms with Gasteiger partial charge in [-0.3, -0.25) is 0 Å². The molecule has 1 aromatic heterocycles. The van der Waals surface area contributed by atoms with Crippen molar-refractivity contribution in [2.75, 3.05) is 26.7 Å². The summed E-state index contributed by atoms with van der Waals surface area (Å²) in [5, 5.41) is 0.314. The van der Waals surface area contributed by atoms with Gasteiger partial charge in [-0.2, -0.15) is 0 Å². The van der Waals surface area contributed by atoms with Gasteiger partial charge in [-0.25, -0.2) is 9.78 Å². The Hall–Kier alpha value is -0.920. The molecule has 0 aliphatic rings. The van der Waals surface area contributed by atoms with Crippen molar-refractivity contribution in [3.63, 3.8) is 0 Å². The van der Waals surface area contributed by atoms with Crippen LogP contribution in [0.5, 0.6) is 0 Å². The van der Waals surface area contributed by atoms with Gasteiger partial charge in [-0.05, 0) is 0 Å². The van der Waals surface area contributed by atoms with Gasteiger partial charge in [0.25, 0.3) is 11.7 Å². The fourth-order valence-electron chi connectivity index (χ4n) is 1.07. The van der Waals surface area contributed by atoms with Crippen molar-refractivity contribution >= 4 is 21.9 Å². The highest BCUT2D eigenvalue weighted by molar-refractivity contribution is 9.09. The largest absolute Gasteiger partial charge is 0.464 e. The average molecular weight is 294 g/mol. The number of aromatic nitrogens is 1. The number of carbonyl (C=O) groups is 1. The molecule has 1 heterocycles. The molecule has 0 atom stereocenters. The molecule has 0 spiro atoms. The van der Waals surface area contributed by atoms with Crippen molar-refractivity contribution in [1.29, 1.82) is 0 Å². The van der Waals surface area contributed by atoms with E-state index in [1.807, 2.05) is 0 Å². The highest BCUT2D eigenvalue weighted by Crippen LogP contribution is 2.27. The van der Waals surface area contributed by atoms with Gasteiger partial charge in [0.2, 0.25) is 0 Å². The lowest BCUT2D eigenvalue weighted by Crippen LogP contribution is -2.33. The highest BCUT2D eigenvalue weighted by atomic mass is 79.9. The van der Waals surface area contributed by atoms with Crippen molar-refractivity contribution in [2.45, 2.75) is 5.79 Å². The second-order valence-corrected chi connectivity index (χ2v) is 3.39. The van der Waals surface area contributed by atoms with Gasteiger partial charge in [-0.15, -0.1) is 0 Å². The quantitative estimate of drug-likeness (QED) is 0.463. The normalized spacial score (nSPS) is 11.5. The van der Waals surface area contributed by atoms with Crippen LogP contribution < -0.4 is 0 Å². The Kier molecular flexibility index (Phi) is 4.45. The second kappa shape index (κ2) is 5.42. The Bertz CT molecular complexity index is 352. The number of esters is 1. The van der Waals surface area contributed by atoms with Gasteiger partial charge >= 0.3 is 5.97 Å². The summed E-state index contributed by atoms with van der Waals surface area (Å²) in [5.74, 6) is -1.58. The van der Waals surface area contributed by atoms with Crippen molar-refractivity contribution < 1.29 is 23.4 Å². The molecule has 0 aromatic carbocycles. The van der Waals surface area contributed by atoms with Crippen LogP contribution in [-0.2, 0) is 20.0 Å². The van der Waals surface area contributed by atoms with Crippen molar-refractivity contribution in [3.05, 3.63) is 17.8 Å². The number of ether oxygens (including phenoxy) is 3. The summed E-state index contributed by atoms with van der Waals surface area (Å²) in [7, 11) is 4.17. The van der Waals surface area contributed by atoms with E-state index in [4.69, 9.17) is 13.9 Å². The summed E-state index contributed by atoms with van der Waals surface area (Å²) in [6.45, 7) is 0. The summed E-state index contributed by atoms with van der Waals surface area (Å²) in [6, 6.07) is 0. The molecule has 0 saturated heterocycles. The number of nitrogens with zero attached hydrogens (tertiary/aromatic N) is 1. The van der Waals surface area contributed by atoms with E-state index in [2.05, 4.69) is 25.7 Å². The number of rotatable bonds is 5. The van der Waals surface area contributed by atoms with Crippen LogP contribution in [0.4, 0.5) is 0 Å². The minimum Gasteiger partial charge on any atom is -0.464 e. The molecule has 16 heavy (non-hydrogen) atoms. The van der Waals surface area contributed by atoms with Gasteiger partial charge in [0, 0.05) is 14.2 Å². The van der Waals surface area contributed by atoms with Gasteiger partial charge in [-0.1, -0.05) is 15.9 Å². The Morgan fingerprint density at radius 3 is 2.56 bits per heavy atom. The van der Waals surface area contributed by atoms with Crippen LogP contribution in [-0.4, -0.2) is 37.6 Å². The first kappa shape index (κ1) is 13.1. The van der Waals surface area contributed by atoms with E-state index < -0.39 is 11.8 Å². The molecule has 0 bridgehead atoms. The summed E-state index contributed by atoms with van der Waals surface area (Å²) in [6.07, 6.45) is 1.19. The van der Waals surface area contributed by atoms with Crippen LogP contribution in [0, 0.1) is 0 Å². The maximum atomic E-state index is 11.2. The third-order valence-electron chi connectivity index (χ3n) is 2.06. The zero-order valence-corrected chi connectivity index (χ0v) is 10.7. The molecule has 0 unspecified atom stereocenters. The summed E-state index contributed by atoms with van der Waals surface area (Å²) in [5.41, 5.74) is 0.0666. The molecule has 90 valence electrons. The maximum absolute atomic E-state index is 11.2. The van der Waals surface area contributed by atoms with E-state index in [9.17, 15) is 4.79 Å². The second-order valence-electron chi connectivity index (χ2n) is 2.82. The molecule has 6 nitrogen and oxygen atoms in total. The van der Waals surface area contributed by atoms with E-state index in [1.54, 1.807) is 0 Å². The van der Waals surface area contributed by atoms with Crippen LogP contribution >= 0.6 is 15.9 Å². The average Bonchev–Trinajstić information content (AvgIpc) is 2.81. The Balaban J connectivity index is 3.03. The highest BCUT2D eigenvalue weighted by Gasteiger charge is 2.37. The molecule has 1 aromatic rings. The third kappa shape index (κ3) is 2.26. The molecular weight excluding hydrogens is 282 g/mol. The monoisotopic (exact) mass is 293 g/mol. The predicted octanol–water partition coefficient (Wildman–Crippen LogP) is 1.30. The zero-order valence-electron chi connectivity index (χ0n) is 9.15. The fourth-order valence-corrected chi connectivity index (χ4v) is 1.77. The van der Waals surface area contributed by atoms with Crippen LogP contribution in [0.1, 0.15) is 16.4 Å². The van der Waals surface area contributed by atoms with Crippen molar-refractivity contribution in [3.8, 4) is 0 Å². The van der Waals surface area contributed by atoms with E-state index in [0.717, 1.165) is 0 Å². The minimum absolute atomic E-state index is 0.0666. The summed E-state index contributed by atoms with van der Waals surface area (Å²) in [4.78, 5) is 15.1. The number of carbonyl (C=O) groups excluding carboxylic acids is 1. The standard InChI is InChI=1S/C9H12BrNO5/c1-13-7(12)6-4-16-8(11-6)9(5-10,14-2)15-3/h4H,5H2,1-3H3. The molecule has 0 aliphatic carbocycles. The first-order valence-corrected chi connectivity index (χ1v) is 5.46. The Labute approximate surface area is 101 Å². The van der Waals surface area contributed by atoms with E-state index in [0.29, 0.717) is 5.33 Å². The molecular formula is C9H12BrNO5. The summed E-state index contributed by atoms with van der Waals surface area (Å²) < 4.78 is 20.0. The number of hydrogen-bond donors (Lipinski definition) is 0. The maximum Gasteiger partial charge on any atom is 0.360 e. The van der Waals surface area contributed by atoms with Gasteiger partial charge in [0.15, 0.2) is 5.69 Å². The molecule has 1 rings (SSSR count). The van der Waals surface area contributed by atoms with Crippen LogP contribution in [0.15, 0.2) is 10.7 Å². The Morgan fingerprint density at radius 2 is 2.12 bits per heavy atom. The molecule has 0 saturated carbocycles. The van der Waals surface area contributed by atoms with Gasteiger partial charge < -0.3 is 18.6 Å².